The molecule has 1 aliphatic heterocycles. The number of pyridine rings is 1. The lowest BCUT2D eigenvalue weighted by atomic mass is 10.1. The van der Waals surface area contributed by atoms with Crippen molar-refractivity contribution in [1.82, 2.24) is 10.3 Å². The lowest BCUT2D eigenvalue weighted by molar-refractivity contribution is 0.0450. The van der Waals surface area contributed by atoms with E-state index in [0.29, 0.717) is 18.1 Å². The largest absolute Gasteiger partial charge is 0.462 e. The van der Waals surface area contributed by atoms with E-state index < -0.39 is 0 Å². The molecule has 2 rings (SSSR count). The van der Waals surface area contributed by atoms with Crippen LogP contribution in [-0.2, 0) is 4.74 Å². The molecule has 1 aromatic rings. The highest BCUT2D eigenvalue weighted by molar-refractivity contribution is 5.89. The number of nitrogens with one attached hydrogen (secondary N) is 1. The zero-order valence-electron chi connectivity index (χ0n) is 8.89. The van der Waals surface area contributed by atoms with Gasteiger partial charge in [0, 0.05) is 24.9 Å². The van der Waals surface area contributed by atoms with Gasteiger partial charge in [-0.3, -0.25) is 4.98 Å². The van der Waals surface area contributed by atoms with Crippen molar-refractivity contribution in [1.29, 1.82) is 0 Å². The molecule has 0 radical (unpaired) electrons. The van der Waals surface area contributed by atoms with Gasteiger partial charge in [0.25, 0.3) is 0 Å². The van der Waals surface area contributed by atoms with Gasteiger partial charge in [-0.05, 0) is 25.1 Å². The minimum absolute atomic E-state index is 0. The second-order valence-corrected chi connectivity index (χ2v) is 3.69. The van der Waals surface area contributed by atoms with Crippen LogP contribution in [0.15, 0.2) is 24.5 Å². The van der Waals surface area contributed by atoms with Crippen molar-refractivity contribution in [2.75, 3.05) is 19.7 Å². The smallest absolute Gasteiger partial charge is 0.338 e. The highest BCUT2D eigenvalue weighted by Crippen LogP contribution is 2.09. The van der Waals surface area contributed by atoms with Gasteiger partial charge in [0.1, 0.15) is 0 Å². The van der Waals surface area contributed by atoms with Gasteiger partial charge in [0.05, 0.1) is 12.2 Å². The normalized spacial score (nSPS) is 18.9. The molecule has 2 heterocycles. The van der Waals surface area contributed by atoms with Gasteiger partial charge < -0.3 is 10.1 Å². The number of nitrogens with zero attached hydrogens (tertiary/aromatic N) is 1. The van der Waals surface area contributed by atoms with Crippen molar-refractivity contribution < 1.29 is 9.53 Å². The Balaban J connectivity index is 0.00000128. The van der Waals surface area contributed by atoms with Gasteiger partial charge in [0.15, 0.2) is 0 Å². The standard InChI is InChI=1S/C11H14N2O2.ClH/c14-11(10-2-5-12-6-3-10)15-8-9-1-4-13-7-9;/h2-3,5-6,9,13H,1,4,7-8H2;1H. The van der Waals surface area contributed by atoms with Crippen molar-refractivity contribution in [3.63, 3.8) is 0 Å². The van der Waals surface area contributed by atoms with Crippen molar-refractivity contribution in [3.05, 3.63) is 30.1 Å². The van der Waals surface area contributed by atoms with E-state index in [-0.39, 0.29) is 18.4 Å². The number of carbonyl (C=O) groups excluding carboxylic acids is 1. The number of rotatable bonds is 3. The quantitative estimate of drug-likeness (QED) is 0.811. The van der Waals surface area contributed by atoms with Crippen LogP contribution in [0.4, 0.5) is 0 Å². The molecule has 0 spiro atoms. The predicted molar refractivity (Wildman–Crippen MR) is 62.7 cm³/mol. The number of hydrogen-bond donors (Lipinski definition) is 1. The molecule has 1 atom stereocenters. The first-order valence-corrected chi connectivity index (χ1v) is 5.14. The first-order chi connectivity index (χ1) is 7.36. The fourth-order valence-corrected chi connectivity index (χ4v) is 1.62. The molecule has 1 aromatic heterocycles. The van der Waals surface area contributed by atoms with Crippen molar-refractivity contribution in [3.8, 4) is 0 Å². The Labute approximate surface area is 101 Å². The van der Waals surface area contributed by atoms with E-state index in [9.17, 15) is 4.79 Å². The van der Waals surface area contributed by atoms with Crippen molar-refractivity contribution >= 4 is 18.4 Å². The molecule has 0 aliphatic carbocycles. The van der Waals surface area contributed by atoms with Gasteiger partial charge in [0.2, 0.25) is 0 Å². The number of carbonyl (C=O) groups is 1. The van der Waals surface area contributed by atoms with Gasteiger partial charge in [-0.1, -0.05) is 0 Å². The first kappa shape index (κ1) is 12.9. The Kier molecular flexibility index (Phi) is 5.22. The predicted octanol–water partition coefficient (Wildman–Crippen LogP) is 1.27. The van der Waals surface area contributed by atoms with Crippen LogP contribution >= 0.6 is 12.4 Å². The van der Waals surface area contributed by atoms with Gasteiger partial charge in [-0.2, -0.15) is 0 Å². The molecular weight excluding hydrogens is 228 g/mol. The molecule has 1 N–H and O–H groups in total. The Morgan fingerprint density at radius 3 is 2.88 bits per heavy atom. The molecule has 1 unspecified atom stereocenters. The summed E-state index contributed by atoms with van der Waals surface area (Å²) >= 11 is 0. The Morgan fingerprint density at radius 2 is 2.25 bits per heavy atom. The Bertz CT molecular complexity index is 326. The maximum atomic E-state index is 11.5. The summed E-state index contributed by atoms with van der Waals surface area (Å²) in [5.74, 6) is 0.208. The van der Waals surface area contributed by atoms with Gasteiger partial charge >= 0.3 is 5.97 Å². The average molecular weight is 243 g/mol. The summed E-state index contributed by atoms with van der Waals surface area (Å²) in [6.07, 6.45) is 4.27. The van der Waals surface area contributed by atoms with Crippen LogP contribution < -0.4 is 5.32 Å². The SMILES string of the molecule is Cl.O=C(OCC1CCNC1)c1ccncc1. The van der Waals surface area contributed by atoms with E-state index in [1.165, 1.54) is 0 Å². The number of aromatic nitrogens is 1. The molecular formula is C11H15ClN2O2. The van der Waals surface area contributed by atoms with Gasteiger partial charge in [-0.15, -0.1) is 12.4 Å². The number of hydrogen-bond acceptors (Lipinski definition) is 4. The number of esters is 1. The van der Waals surface area contributed by atoms with Crippen LogP contribution in [0.1, 0.15) is 16.8 Å². The summed E-state index contributed by atoms with van der Waals surface area (Å²) in [5, 5.41) is 3.23. The molecule has 5 heteroatoms. The van der Waals surface area contributed by atoms with Crippen LogP contribution in [0.3, 0.4) is 0 Å². The molecule has 0 aromatic carbocycles. The molecule has 0 bridgehead atoms. The van der Waals surface area contributed by atoms with Crippen molar-refractivity contribution in [2.45, 2.75) is 6.42 Å². The maximum absolute atomic E-state index is 11.5. The molecule has 16 heavy (non-hydrogen) atoms. The van der Waals surface area contributed by atoms with E-state index in [1.807, 2.05) is 0 Å². The number of halogens is 1. The second kappa shape index (κ2) is 6.45. The zero-order chi connectivity index (χ0) is 10.5. The van der Waals surface area contributed by atoms with Crippen LogP contribution in [0, 0.1) is 5.92 Å². The number of ether oxygens (including phenoxy) is 1. The second-order valence-electron chi connectivity index (χ2n) is 3.69. The third-order valence-electron chi connectivity index (χ3n) is 2.53. The van der Waals surface area contributed by atoms with Crippen LogP contribution in [0.5, 0.6) is 0 Å². The Morgan fingerprint density at radius 1 is 1.50 bits per heavy atom. The molecule has 1 aliphatic rings. The Hall–Kier alpha value is -1.13. The van der Waals surface area contributed by atoms with E-state index in [0.717, 1.165) is 19.5 Å². The summed E-state index contributed by atoms with van der Waals surface area (Å²) in [6.45, 7) is 2.48. The lowest BCUT2D eigenvalue weighted by Gasteiger charge is -2.08. The van der Waals surface area contributed by atoms with E-state index in [1.54, 1.807) is 24.5 Å². The van der Waals surface area contributed by atoms with E-state index in [4.69, 9.17) is 4.74 Å². The minimum atomic E-state index is -0.260. The van der Waals surface area contributed by atoms with Gasteiger partial charge in [-0.25, -0.2) is 4.79 Å². The zero-order valence-corrected chi connectivity index (χ0v) is 9.70. The highest BCUT2D eigenvalue weighted by Gasteiger charge is 2.16. The van der Waals surface area contributed by atoms with Crippen LogP contribution in [-0.4, -0.2) is 30.6 Å². The summed E-state index contributed by atoms with van der Waals surface area (Å²) in [6, 6.07) is 3.32. The van der Waals surface area contributed by atoms with E-state index in [2.05, 4.69) is 10.3 Å². The molecule has 1 fully saturated rings. The summed E-state index contributed by atoms with van der Waals surface area (Å²) in [7, 11) is 0. The topological polar surface area (TPSA) is 51.2 Å². The maximum Gasteiger partial charge on any atom is 0.338 e. The molecule has 0 amide bonds. The van der Waals surface area contributed by atoms with Crippen molar-refractivity contribution in [2.24, 2.45) is 5.92 Å². The summed E-state index contributed by atoms with van der Waals surface area (Å²) in [4.78, 5) is 15.4. The fourth-order valence-electron chi connectivity index (χ4n) is 1.62. The fraction of sp³-hybridized carbons (Fsp3) is 0.455. The third-order valence-corrected chi connectivity index (χ3v) is 2.53. The monoisotopic (exact) mass is 242 g/mol. The first-order valence-electron chi connectivity index (χ1n) is 5.14. The summed E-state index contributed by atoms with van der Waals surface area (Å²) < 4.78 is 5.21. The third kappa shape index (κ3) is 3.47. The molecule has 88 valence electrons. The summed E-state index contributed by atoms with van der Waals surface area (Å²) in [5.41, 5.74) is 0.566. The van der Waals surface area contributed by atoms with Crippen LogP contribution in [0.2, 0.25) is 0 Å². The molecule has 0 saturated carbocycles. The highest BCUT2D eigenvalue weighted by atomic mass is 35.5. The van der Waals surface area contributed by atoms with Crippen LogP contribution in [0.25, 0.3) is 0 Å². The minimum Gasteiger partial charge on any atom is -0.462 e. The average Bonchev–Trinajstić information content (AvgIpc) is 2.80. The lowest BCUT2D eigenvalue weighted by Crippen LogP contribution is -2.16. The molecule has 1 saturated heterocycles. The molecule has 4 nitrogen and oxygen atoms in total. The van der Waals surface area contributed by atoms with E-state index >= 15 is 0 Å².